The number of hydrogen-bond acceptors (Lipinski definition) is 6. The van der Waals surface area contributed by atoms with Gasteiger partial charge in [-0.05, 0) is 65.7 Å². The Bertz CT molecular complexity index is 1240. The fraction of sp³-hybridized carbons (Fsp3) is 0.148. The molecule has 2 heterocycles. The highest BCUT2D eigenvalue weighted by Gasteiger charge is 2.34. The smallest absolute Gasteiger partial charge is 0.267 e. The van der Waals surface area contributed by atoms with E-state index in [0.717, 1.165) is 22.4 Å². The van der Waals surface area contributed by atoms with Crippen molar-refractivity contribution in [2.75, 3.05) is 19.0 Å². The van der Waals surface area contributed by atoms with Crippen molar-refractivity contribution < 1.29 is 9.21 Å². The number of carbonyl (C=O) groups excluding carboxylic acids is 1. The van der Waals surface area contributed by atoms with Gasteiger partial charge in [-0.2, -0.15) is 5.10 Å². The lowest BCUT2D eigenvalue weighted by molar-refractivity contribution is -0.122. The van der Waals surface area contributed by atoms with Gasteiger partial charge in [0, 0.05) is 19.8 Å². The van der Waals surface area contributed by atoms with E-state index >= 15 is 0 Å². The molecule has 1 saturated heterocycles. The van der Waals surface area contributed by atoms with Crippen LogP contribution in [0.4, 0.5) is 5.69 Å². The molecule has 0 spiro atoms. The van der Waals surface area contributed by atoms with Crippen molar-refractivity contribution in [3.05, 3.63) is 100 Å². The van der Waals surface area contributed by atoms with Gasteiger partial charge in [-0.1, -0.05) is 48.5 Å². The minimum absolute atomic E-state index is 0.122. The number of amides is 1. The molecule has 1 aromatic heterocycles. The van der Waals surface area contributed by atoms with Crippen molar-refractivity contribution in [3.8, 4) is 0 Å². The maximum atomic E-state index is 13.2. The summed E-state index contributed by atoms with van der Waals surface area (Å²) < 4.78 is 5.46. The maximum absolute atomic E-state index is 13.2. The first-order chi connectivity index (χ1) is 16.5. The topological polar surface area (TPSA) is 61.4 Å². The first kappa shape index (κ1) is 23.3. The molecule has 172 valence electrons. The van der Waals surface area contributed by atoms with Gasteiger partial charge in [-0.25, -0.2) is 0 Å². The fourth-order valence-electron chi connectivity index (χ4n) is 3.32. The monoisotopic (exact) mass is 470 g/mol. The van der Waals surface area contributed by atoms with Gasteiger partial charge in [0.05, 0.1) is 23.9 Å². The van der Waals surface area contributed by atoms with Crippen molar-refractivity contribution in [2.24, 2.45) is 10.2 Å². The van der Waals surface area contributed by atoms with Crippen LogP contribution in [0.1, 0.15) is 23.8 Å². The molecule has 0 radical (unpaired) electrons. The fourth-order valence-corrected chi connectivity index (χ4v) is 4.25. The van der Waals surface area contributed by atoms with E-state index in [1.165, 1.54) is 11.8 Å². The number of nitrogens with zero attached hydrogens (tertiary/aromatic N) is 4. The van der Waals surface area contributed by atoms with Gasteiger partial charge in [0.1, 0.15) is 5.76 Å². The molecule has 0 unspecified atom stereocenters. The molecule has 2 aromatic carbocycles. The largest absolute Gasteiger partial charge is 0.467 e. The van der Waals surface area contributed by atoms with Crippen LogP contribution in [-0.4, -0.2) is 36.3 Å². The molecule has 34 heavy (non-hydrogen) atoms. The Morgan fingerprint density at radius 2 is 1.79 bits per heavy atom. The van der Waals surface area contributed by atoms with Crippen LogP contribution in [0.3, 0.4) is 0 Å². The standard InChI is InChI=1S/C27H26N4O2S/c1-20(16-21-8-5-4-6-9-21)18-28-29-27-31(19-24-10-7-15-33-24)26(32)25(34-27)17-22-11-13-23(14-12-22)30(2)3/h4-18H,19H2,1-3H3/b20-16+,25-17-,28-18+,29-27+. The van der Waals surface area contributed by atoms with Crippen molar-refractivity contribution >= 4 is 46.9 Å². The van der Waals surface area contributed by atoms with Crippen molar-refractivity contribution in [1.82, 2.24) is 4.90 Å². The highest BCUT2D eigenvalue weighted by Crippen LogP contribution is 2.34. The second-order valence-electron chi connectivity index (χ2n) is 7.99. The Labute approximate surface area is 204 Å². The normalized spacial score (nSPS) is 16.9. The Morgan fingerprint density at radius 3 is 2.47 bits per heavy atom. The van der Waals surface area contributed by atoms with Gasteiger partial charge in [-0.15, -0.1) is 5.10 Å². The molecule has 6 nitrogen and oxygen atoms in total. The number of hydrogen-bond donors (Lipinski definition) is 0. The second-order valence-corrected chi connectivity index (χ2v) is 9.00. The number of thioether (sulfide) groups is 1. The zero-order chi connectivity index (χ0) is 23.9. The van der Waals surface area contributed by atoms with E-state index in [2.05, 4.69) is 10.2 Å². The molecule has 0 saturated carbocycles. The summed E-state index contributed by atoms with van der Waals surface area (Å²) in [4.78, 5) is 17.4. The third kappa shape index (κ3) is 5.94. The van der Waals surface area contributed by atoms with Crippen LogP contribution in [-0.2, 0) is 11.3 Å². The maximum Gasteiger partial charge on any atom is 0.267 e. The highest BCUT2D eigenvalue weighted by atomic mass is 32.2. The van der Waals surface area contributed by atoms with Gasteiger partial charge in [0.15, 0.2) is 5.17 Å². The number of benzene rings is 2. The van der Waals surface area contributed by atoms with Crippen molar-refractivity contribution in [1.29, 1.82) is 0 Å². The summed E-state index contributed by atoms with van der Waals surface area (Å²) in [7, 11) is 3.99. The lowest BCUT2D eigenvalue weighted by Crippen LogP contribution is -2.28. The minimum Gasteiger partial charge on any atom is -0.467 e. The molecule has 0 bridgehead atoms. The summed E-state index contributed by atoms with van der Waals surface area (Å²) in [5.41, 5.74) is 4.10. The van der Waals surface area contributed by atoms with Gasteiger partial charge >= 0.3 is 0 Å². The summed E-state index contributed by atoms with van der Waals surface area (Å²) >= 11 is 1.31. The van der Waals surface area contributed by atoms with Crippen LogP contribution in [0.15, 0.2) is 98.1 Å². The summed E-state index contributed by atoms with van der Waals surface area (Å²) in [6.45, 7) is 2.26. The third-order valence-electron chi connectivity index (χ3n) is 5.09. The molecule has 1 fully saturated rings. The van der Waals surface area contributed by atoms with E-state index < -0.39 is 0 Å². The van der Waals surface area contributed by atoms with Crippen LogP contribution in [0, 0.1) is 0 Å². The van der Waals surface area contributed by atoms with E-state index in [4.69, 9.17) is 4.42 Å². The average Bonchev–Trinajstić information content (AvgIpc) is 3.44. The zero-order valence-electron chi connectivity index (χ0n) is 19.4. The first-order valence-electron chi connectivity index (χ1n) is 10.8. The number of allylic oxidation sites excluding steroid dienone is 1. The van der Waals surface area contributed by atoms with Crippen molar-refractivity contribution in [3.63, 3.8) is 0 Å². The predicted molar refractivity (Wildman–Crippen MR) is 142 cm³/mol. The Hall–Kier alpha value is -3.84. The number of rotatable bonds is 7. The molecule has 0 aliphatic carbocycles. The molecular weight excluding hydrogens is 444 g/mol. The summed E-state index contributed by atoms with van der Waals surface area (Å²) in [6.07, 6.45) is 7.20. The van der Waals surface area contributed by atoms with Crippen molar-refractivity contribution in [2.45, 2.75) is 13.5 Å². The highest BCUT2D eigenvalue weighted by molar-refractivity contribution is 8.18. The molecule has 1 aliphatic rings. The van der Waals surface area contributed by atoms with E-state index in [9.17, 15) is 4.79 Å². The van der Waals surface area contributed by atoms with E-state index in [0.29, 0.717) is 22.4 Å². The molecular formula is C27H26N4O2S. The minimum atomic E-state index is -0.122. The number of carbonyl (C=O) groups is 1. The second kappa shape index (κ2) is 10.9. The molecule has 0 N–H and O–H groups in total. The summed E-state index contributed by atoms with van der Waals surface area (Å²) in [5, 5.41) is 9.14. The number of amidine groups is 1. The number of anilines is 1. The van der Waals surface area contributed by atoms with Crippen LogP contribution in [0.2, 0.25) is 0 Å². The molecule has 1 amide bonds. The van der Waals surface area contributed by atoms with Gasteiger partial charge in [0.2, 0.25) is 0 Å². The van der Waals surface area contributed by atoms with Crippen LogP contribution in [0.25, 0.3) is 12.2 Å². The molecule has 1 aliphatic heterocycles. The summed E-state index contributed by atoms with van der Waals surface area (Å²) in [5.74, 6) is 0.561. The van der Waals surface area contributed by atoms with Crippen LogP contribution < -0.4 is 4.90 Å². The predicted octanol–water partition coefficient (Wildman–Crippen LogP) is 5.91. The SMILES string of the molecule is CC(/C=N/N=C1/S/C(=C\c2ccc(N(C)C)cc2)C(=O)N1Cc1ccco1)=C\c1ccccc1. The van der Waals surface area contributed by atoms with E-state index in [-0.39, 0.29) is 5.91 Å². The molecule has 4 rings (SSSR count). The van der Waals surface area contributed by atoms with E-state index in [1.807, 2.05) is 98.7 Å². The average molecular weight is 471 g/mol. The molecule has 7 heteroatoms. The molecule has 3 aromatic rings. The van der Waals surface area contributed by atoms with E-state index in [1.54, 1.807) is 23.4 Å². The quantitative estimate of drug-likeness (QED) is 0.245. The third-order valence-corrected chi connectivity index (χ3v) is 6.08. The Kier molecular flexibility index (Phi) is 7.44. The lowest BCUT2D eigenvalue weighted by atomic mass is 10.1. The zero-order valence-corrected chi connectivity index (χ0v) is 20.2. The molecule has 0 atom stereocenters. The lowest BCUT2D eigenvalue weighted by Gasteiger charge is -2.12. The Balaban J connectivity index is 1.57. The van der Waals surface area contributed by atoms with Gasteiger partial charge < -0.3 is 9.32 Å². The summed E-state index contributed by atoms with van der Waals surface area (Å²) in [6, 6.07) is 21.7. The Morgan fingerprint density at radius 1 is 1.03 bits per heavy atom. The van der Waals surface area contributed by atoms with Crippen LogP contribution in [0.5, 0.6) is 0 Å². The van der Waals surface area contributed by atoms with Gasteiger partial charge in [-0.3, -0.25) is 9.69 Å². The van der Waals surface area contributed by atoms with Crippen LogP contribution >= 0.6 is 11.8 Å². The first-order valence-corrected chi connectivity index (χ1v) is 11.7. The number of furan rings is 1. The van der Waals surface area contributed by atoms with Gasteiger partial charge in [0.25, 0.3) is 5.91 Å².